The lowest BCUT2D eigenvalue weighted by Gasteiger charge is -2.33. The molecule has 0 aliphatic carbocycles. The van der Waals surface area contributed by atoms with E-state index in [9.17, 15) is 0 Å². The number of rotatable bonds is 1. The number of para-hydroxylation sites is 2. The highest BCUT2D eigenvalue weighted by Gasteiger charge is 2.33. The van der Waals surface area contributed by atoms with Crippen molar-refractivity contribution in [3.8, 4) is 0 Å². The number of aromatic nitrogens is 2. The van der Waals surface area contributed by atoms with Gasteiger partial charge in [0, 0.05) is 0 Å². The molecular formula is C21H24N4. The number of aliphatic imine (C=N–C) groups is 1. The van der Waals surface area contributed by atoms with Crippen molar-refractivity contribution in [2.24, 2.45) is 4.99 Å². The predicted molar refractivity (Wildman–Crippen MR) is 103 cm³/mol. The fourth-order valence-corrected chi connectivity index (χ4v) is 3.45. The van der Waals surface area contributed by atoms with E-state index in [2.05, 4.69) is 80.0 Å². The molecule has 4 heteroatoms. The Morgan fingerprint density at radius 2 is 1.68 bits per heavy atom. The number of nitrogens with one attached hydrogen (secondary N) is 1. The molecule has 1 N–H and O–H groups in total. The highest BCUT2D eigenvalue weighted by atomic mass is 15.2. The van der Waals surface area contributed by atoms with E-state index in [-0.39, 0.29) is 17.6 Å². The first-order valence-electron chi connectivity index (χ1n) is 8.82. The second-order valence-corrected chi connectivity index (χ2v) is 7.67. The maximum atomic E-state index is 5.10. The molecule has 2 heterocycles. The minimum absolute atomic E-state index is 0.0422. The Kier molecular flexibility index (Phi) is 3.73. The molecule has 0 radical (unpaired) electrons. The molecular weight excluding hydrogens is 308 g/mol. The van der Waals surface area contributed by atoms with Gasteiger partial charge in [-0.3, -0.25) is 14.9 Å². The van der Waals surface area contributed by atoms with E-state index in [1.165, 1.54) is 5.56 Å². The van der Waals surface area contributed by atoms with Gasteiger partial charge in [-0.2, -0.15) is 0 Å². The Balaban J connectivity index is 1.99. The molecule has 1 aliphatic rings. The van der Waals surface area contributed by atoms with E-state index in [1.54, 1.807) is 0 Å². The van der Waals surface area contributed by atoms with Crippen molar-refractivity contribution in [3.05, 3.63) is 66.0 Å². The molecule has 0 fully saturated rings. The van der Waals surface area contributed by atoms with Crippen LogP contribution in [-0.2, 0) is 0 Å². The quantitative estimate of drug-likeness (QED) is 0.713. The van der Waals surface area contributed by atoms with Crippen molar-refractivity contribution in [3.63, 3.8) is 0 Å². The van der Waals surface area contributed by atoms with Crippen LogP contribution in [0.1, 0.15) is 51.2 Å². The summed E-state index contributed by atoms with van der Waals surface area (Å²) in [5.41, 5.74) is 3.19. The van der Waals surface area contributed by atoms with Crippen LogP contribution in [0.25, 0.3) is 11.0 Å². The van der Waals surface area contributed by atoms with Gasteiger partial charge in [-0.15, -0.1) is 0 Å². The van der Waals surface area contributed by atoms with Crippen molar-refractivity contribution in [2.45, 2.75) is 45.3 Å². The van der Waals surface area contributed by atoms with Gasteiger partial charge in [0.15, 0.2) is 0 Å². The van der Waals surface area contributed by atoms with E-state index < -0.39 is 0 Å². The van der Waals surface area contributed by atoms with Crippen LogP contribution in [0.4, 0.5) is 0 Å². The van der Waals surface area contributed by atoms with Gasteiger partial charge in [0.05, 0.1) is 28.7 Å². The molecule has 4 rings (SSSR count). The first-order chi connectivity index (χ1) is 11.9. The van der Waals surface area contributed by atoms with E-state index >= 15 is 0 Å². The second kappa shape index (κ2) is 5.81. The maximum Gasteiger partial charge on any atom is 0.132 e. The van der Waals surface area contributed by atoms with E-state index in [4.69, 9.17) is 9.98 Å². The molecule has 2 unspecified atom stereocenters. The zero-order valence-electron chi connectivity index (χ0n) is 15.2. The third kappa shape index (κ3) is 2.87. The summed E-state index contributed by atoms with van der Waals surface area (Å²) in [4.78, 5) is 9.96. The number of benzene rings is 2. The summed E-state index contributed by atoms with van der Waals surface area (Å²) in [5, 5.41) is 3.71. The molecule has 1 aromatic heterocycles. The average Bonchev–Trinajstić information content (AvgIpc) is 2.97. The first kappa shape index (κ1) is 16.0. The number of nitrogens with zero attached hydrogens (tertiary/aromatic N) is 3. The molecule has 0 bridgehead atoms. The molecule has 4 nitrogen and oxygen atoms in total. The third-order valence-electron chi connectivity index (χ3n) is 4.46. The van der Waals surface area contributed by atoms with Crippen molar-refractivity contribution < 1.29 is 0 Å². The maximum absolute atomic E-state index is 5.10. The van der Waals surface area contributed by atoms with Gasteiger partial charge in [0.2, 0.25) is 0 Å². The summed E-state index contributed by atoms with van der Waals surface area (Å²) in [6.45, 7) is 8.58. The van der Waals surface area contributed by atoms with Crippen molar-refractivity contribution in [1.29, 1.82) is 0 Å². The number of hydrogen-bond acceptors (Lipinski definition) is 3. The van der Waals surface area contributed by atoms with E-state index in [0.717, 1.165) is 22.7 Å². The summed E-state index contributed by atoms with van der Waals surface area (Å²) in [5.74, 6) is 2.04. The van der Waals surface area contributed by atoms with Crippen LogP contribution in [0.15, 0.2) is 59.6 Å². The van der Waals surface area contributed by atoms with Gasteiger partial charge in [0.25, 0.3) is 0 Å². The van der Waals surface area contributed by atoms with Crippen LogP contribution < -0.4 is 5.32 Å². The number of imidazole rings is 1. The van der Waals surface area contributed by atoms with Crippen LogP contribution in [0.5, 0.6) is 0 Å². The fourth-order valence-electron chi connectivity index (χ4n) is 3.45. The summed E-state index contributed by atoms with van der Waals surface area (Å²) in [6.07, 6.45) is 0. The first-order valence-corrected chi connectivity index (χ1v) is 8.82. The van der Waals surface area contributed by atoms with Crippen LogP contribution in [0, 0.1) is 0 Å². The van der Waals surface area contributed by atoms with Crippen LogP contribution in [-0.4, -0.2) is 20.9 Å². The topological polar surface area (TPSA) is 42.2 Å². The lowest BCUT2D eigenvalue weighted by atomic mass is 10.0. The van der Waals surface area contributed by atoms with Gasteiger partial charge in [-0.25, -0.2) is 4.98 Å². The Morgan fingerprint density at radius 3 is 2.40 bits per heavy atom. The van der Waals surface area contributed by atoms with Crippen LogP contribution in [0.3, 0.4) is 0 Å². The number of hydrogen-bond donors (Lipinski definition) is 1. The molecule has 25 heavy (non-hydrogen) atoms. The zero-order valence-corrected chi connectivity index (χ0v) is 15.2. The molecule has 1 aliphatic heterocycles. The Bertz CT molecular complexity index is 931. The lowest BCUT2D eigenvalue weighted by molar-refractivity contribution is 0.473. The molecule has 0 amide bonds. The predicted octanol–water partition coefficient (Wildman–Crippen LogP) is 4.49. The van der Waals surface area contributed by atoms with Gasteiger partial charge in [0.1, 0.15) is 11.7 Å². The van der Waals surface area contributed by atoms with Crippen molar-refractivity contribution >= 4 is 16.9 Å². The molecule has 0 saturated carbocycles. The second-order valence-electron chi connectivity index (χ2n) is 7.67. The van der Waals surface area contributed by atoms with Gasteiger partial charge in [-0.1, -0.05) is 42.5 Å². The van der Waals surface area contributed by atoms with E-state index in [0.29, 0.717) is 0 Å². The lowest BCUT2D eigenvalue weighted by Crippen LogP contribution is -2.42. The molecule has 0 saturated heterocycles. The van der Waals surface area contributed by atoms with Crippen LogP contribution in [0.2, 0.25) is 0 Å². The average molecular weight is 332 g/mol. The van der Waals surface area contributed by atoms with Gasteiger partial charge in [-0.05, 0) is 45.4 Å². The number of fused-ring (bicyclic) bond motifs is 3. The summed E-state index contributed by atoms with van der Waals surface area (Å²) < 4.78 is 2.25. The summed E-state index contributed by atoms with van der Waals surface area (Å²) in [7, 11) is 0. The fraction of sp³-hybridized carbons (Fsp3) is 0.333. The molecule has 128 valence electrons. The van der Waals surface area contributed by atoms with Gasteiger partial charge < -0.3 is 0 Å². The standard InChI is InChI=1S/C21H24N4/c1-14-19-23-16-12-8-9-13-17(16)25(19)20(24-21(2,3)4)18(22-14)15-10-6-5-7-11-15/h5-14,18,22H,1-4H3/b24-20-. The highest BCUT2D eigenvalue weighted by molar-refractivity contribution is 5.99. The smallest absolute Gasteiger partial charge is 0.132 e. The van der Waals surface area contributed by atoms with Crippen LogP contribution >= 0.6 is 0 Å². The molecule has 2 aromatic carbocycles. The normalized spacial score (nSPS) is 22.3. The van der Waals surface area contributed by atoms with Crippen molar-refractivity contribution in [2.75, 3.05) is 0 Å². The minimum atomic E-state index is -0.173. The summed E-state index contributed by atoms with van der Waals surface area (Å²) in [6, 6.07) is 19.0. The molecule has 0 spiro atoms. The largest absolute Gasteiger partial charge is 0.294 e. The Labute approximate surface area is 148 Å². The molecule has 3 aromatic rings. The van der Waals surface area contributed by atoms with Gasteiger partial charge >= 0.3 is 0 Å². The summed E-state index contributed by atoms with van der Waals surface area (Å²) >= 11 is 0. The monoisotopic (exact) mass is 332 g/mol. The van der Waals surface area contributed by atoms with Crippen molar-refractivity contribution in [1.82, 2.24) is 14.9 Å². The Hall–Kier alpha value is -2.46. The minimum Gasteiger partial charge on any atom is -0.294 e. The highest BCUT2D eigenvalue weighted by Crippen LogP contribution is 2.32. The van der Waals surface area contributed by atoms with E-state index in [1.807, 2.05) is 12.1 Å². The Morgan fingerprint density at radius 1 is 1.00 bits per heavy atom. The third-order valence-corrected chi connectivity index (χ3v) is 4.46. The SMILES string of the molecule is CC1NC(c2ccccc2)/C(=N/C(C)(C)C)n2c1nc1ccccc12. The molecule has 2 atom stereocenters. The zero-order chi connectivity index (χ0) is 17.6.